The lowest BCUT2D eigenvalue weighted by molar-refractivity contribution is -0.384. The first-order valence-corrected chi connectivity index (χ1v) is 7.93. The average Bonchev–Trinajstić information content (AvgIpc) is 2.90. The summed E-state index contributed by atoms with van der Waals surface area (Å²) in [5.74, 6) is -0.252. The Bertz CT molecular complexity index is 608. The number of nitro groups is 1. The molecule has 0 saturated carbocycles. The standard InChI is InChI=1S/C15H18ClN3O3/c16-12-9-10(19(21)22)4-5-11(12)15(20)17-13-6-8-18-7-2-1-3-14(13)18/h4-5,9,13-14H,1-3,6-8H2,(H,17,20)/t13-,14-/m0/s1. The molecular weight excluding hydrogens is 306 g/mol. The number of nitrogens with one attached hydrogen (secondary N) is 1. The number of carbonyl (C=O) groups excluding carboxylic acids is 1. The van der Waals surface area contributed by atoms with Crippen molar-refractivity contribution >= 4 is 23.2 Å². The lowest BCUT2D eigenvalue weighted by Crippen LogP contribution is -2.46. The van der Waals surface area contributed by atoms with Crippen LogP contribution in [0.1, 0.15) is 36.0 Å². The summed E-state index contributed by atoms with van der Waals surface area (Å²) in [6, 6.07) is 4.50. The molecule has 2 fully saturated rings. The molecule has 1 amide bonds. The van der Waals surface area contributed by atoms with Crippen molar-refractivity contribution in [1.82, 2.24) is 10.2 Å². The monoisotopic (exact) mass is 323 g/mol. The molecule has 1 N–H and O–H groups in total. The van der Waals surface area contributed by atoms with Crippen molar-refractivity contribution < 1.29 is 9.72 Å². The lowest BCUT2D eigenvalue weighted by Gasteiger charge is -2.32. The van der Waals surface area contributed by atoms with Crippen LogP contribution in [0.25, 0.3) is 0 Å². The first-order valence-electron chi connectivity index (χ1n) is 7.55. The topological polar surface area (TPSA) is 75.5 Å². The fourth-order valence-electron chi connectivity index (χ4n) is 3.46. The number of rotatable bonds is 3. The summed E-state index contributed by atoms with van der Waals surface area (Å²) in [6.07, 6.45) is 4.48. The van der Waals surface area contributed by atoms with E-state index in [1.165, 1.54) is 31.0 Å². The van der Waals surface area contributed by atoms with Crippen LogP contribution in [0, 0.1) is 10.1 Å². The van der Waals surface area contributed by atoms with Gasteiger partial charge in [0.05, 0.1) is 15.5 Å². The van der Waals surface area contributed by atoms with Crippen LogP contribution in [-0.4, -0.2) is 40.9 Å². The van der Waals surface area contributed by atoms with Crippen molar-refractivity contribution in [2.45, 2.75) is 37.8 Å². The minimum atomic E-state index is -0.523. The predicted octanol–water partition coefficient (Wildman–Crippen LogP) is 2.60. The third-order valence-corrected chi connectivity index (χ3v) is 4.89. The van der Waals surface area contributed by atoms with Crippen molar-refractivity contribution in [3.05, 3.63) is 38.9 Å². The number of nitrogens with zero attached hydrogens (tertiary/aromatic N) is 2. The van der Waals surface area contributed by atoms with E-state index in [1.54, 1.807) is 0 Å². The zero-order chi connectivity index (χ0) is 15.7. The molecule has 6 nitrogen and oxygen atoms in total. The van der Waals surface area contributed by atoms with E-state index in [1.807, 2.05) is 0 Å². The quantitative estimate of drug-likeness (QED) is 0.685. The summed E-state index contributed by atoms with van der Waals surface area (Å²) >= 11 is 6.02. The Kier molecular flexibility index (Phi) is 4.31. The van der Waals surface area contributed by atoms with Crippen LogP contribution in [0.2, 0.25) is 5.02 Å². The molecule has 1 aromatic carbocycles. The lowest BCUT2D eigenvalue weighted by atomic mass is 9.99. The maximum absolute atomic E-state index is 12.4. The van der Waals surface area contributed by atoms with Gasteiger partial charge in [-0.25, -0.2) is 0 Å². The highest BCUT2D eigenvalue weighted by Crippen LogP contribution is 2.28. The molecule has 2 aliphatic rings. The van der Waals surface area contributed by atoms with Crippen molar-refractivity contribution in [2.75, 3.05) is 13.1 Å². The van der Waals surface area contributed by atoms with Crippen molar-refractivity contribution in [2.24, 2.45) is 0 Å². The Morgan fingerprint density at radius 2 is 2.14 bits per heavy atom. The van der Waals surface area contributed by atoms with Gasteiger partial charge < -0.3 is 5.32 Å². The Morgan fingerprint density at radius 1 is 1.32 bits per heavy atom. The fraction of sp³-hybridized carbons (Fsp3) is 0.533. The van der Waals surface area contributed by atoms with E-state index in [-0.39, 0.29) is 22.7 Å². The molecule has 2 saturated heterocycles. The molecule has 1 aromatic rings. The third kappa shape index (κ3) is 2.94. The van der Waals surface area contributed by atoms with Crippen LogP contribution < -0.4 is 5.32 Å². The number of piperidine rings is 1. The van der Waals surface area contributed by atoms with Crippen molar-refractivity contribution in [3.63, 3.8) is 0 Å². The SMILES string of the molecule is O=C(N[C@H]1CCN2CCCC[C@@H]12)c1ccc([N+](=O)[O-])cc1Cl. The number of benzene rings is 1. The number of halogens is 1. The number of hydrogen-bond donors (Lipinski definition) is 1. The number of amides is 1. The van der Waals surface area contributed by atoms with Crippen molar-refractivity contribution in [3.8, 4) is 0 Å². The molecule has 0 radical (unpaired) electrons. The smallest absolute Gasteiger partial charge is 0.270 e. The second kappa shape index (κ2) is 6.22. The molecule has 0 spiro atoms. The Hall–Kier alpha value is -1.66. The summed E-state index contributed by atoms with van der Waals surface area (Å²) in [5, 5.41) is 13.9. The Labute approximate surface area is 133 Å². The molecule has 3 rings (SSSR count). The van der Waals surface area contributed by atoms with Gasteiger partial charge in [-0.2, -0.15) is 0 Å². The van der Waals surface area contributed by atoms with Gasteiger partial charge in [-0.05, 0) is 31.9 Å². The zero-order valence-corrected chi connectivity index (χ0v) is 12.9. The number of fused-ring (bicyclic) bond motifs is 1. The fourth-order valence-corrected chi connectivity index (χ4v) is 3.72. The molecular formula is C15H18ClN3O3. The molecule has 0 aromatic heterocycles. The molecule has 22 heavy (non-hydrogen) atoms. The molecule has 0 unspecified atom stereocenters. The van der Waals surface area contributed by atoms with Gasteiger partial charge in [0.1, 0.15) is 0 Å². The highest BCUT2D eigenvalue weighted by atomic mass is 35.5. The Balaban J connectivity index is 1.71. The van der Waals surface area contributed by atoms with Crippen LogP contribution in [0.4, 0.5) is 5.69 Å². The number of nitro benzene ring substituents is 1. The summed E-state index contributed by atoms with van der Waals surface area (Å²) in [5.41, 5.74) is 0.183. The largest absolute Gasteiger partial charge is 0.348 e. The maximum Gasteiger partial charge on any atom is 0.270 e. The van der Waals surface area contributed by atoms with E-state index < -0.39 is 4.92 Å². The molecule has 7 heteroatoms. The number of non-ortho nitro benzene ring substituents is 1. The Morgan fingerprint density at radius 3 is 2.86 bits per heavy atom. The normalized spacial score (nSPS) is 24.8. The first-order chi connectivity index (χ1) is 10.6. The van der Waals surface area contributed by atoms with E-state index in [2.05, 4.69) is 10.2 Å². The predicted molar refractivity (Wildman–Crippen MR) is 83.2 cm³/mol. The van der Waals surface area contributed by atoms with E-state index in [0.717, 1.165) is 25.9 Å². The maximum atomic E-state index is 12.4. The number of hydrogen-bond acceptors (Lipinski definition) is 4. The summed E-state index contributed by atoms with van der Waals surface area (Å²) < 4.78 is 0. The first kappa shape index (κ1) is 15.2. The van der Waals surface area contributed by atoms with Gasteiger partial charge >= 0.3 is 0 Å². The van der Waals surface area contributed by atoms with Gasteiger partial charge in [-0.1, -0.05) is 18.0 Å². The minimum Gasteiger partial charge on any atom is -0.348 e. The van der Waals surface area contributed by atoms with Crippen LogP contribution >= 0.6 is 11.6 Å². The van der Waals surface area contributed by atoms with E-state index in [4.69, 9.17) is 11.6 Å². The average molecular weight is 324 g/mol. The van der Waals surface area contributed by atoms with Gasteiger partial charge in [-0.15, -0.1) is 0 Å². The summed E-state index contributed by atoms with van der Waals surface area (Å²) in [4.78, 5) is 25.0. The molecule has 2 atom stereocenters. The highest BCUT2D eigenvalue weighted by molar-refractivity contribution is 6.34. The summed E-state index contributed by atoms with van der Waals surface area (Å²) in [6.45, 7) is 2.12. The third-order valence-electron chi connectivity index (χ3n) is 4.58. The van der Waals surface area contributed by atoms with E-state index >= 15 is 0 Å². The van der Waals surface area contributed by atoms with Gasteiger partial charge in [0.2, 0.25) is 0 Å². The second-order valence-corrected chi connectivity index (χ2v) is 6.30. The van der Waals surface area contributed by atoms with Crippen LogP contribution in [0.15, 0.2) is 18.2 Å². The van der Waals surface area contributed by atoms with Gasteiger partial charge in [0.25, 0.3) is 11.6 Å². The van der Waals surface area contributed by atoms with Crippen LogP contribution in [-0.2, 0) is 0 Å². The molecule has 2 aliphatic heterocycles. The number of carbonyl (C=O) groups is 1. The zero-order valence-electron chi connectivity index (χ0n) is 12.1. The highest BCUT2D eigenvalue weighted by Gasteiger charge is 2.36. The summed E-state index contributed by atoms with van der Waals surface area (Å²) in [7, 11) is 0. The van der Waals surface area contributed by atoms with Crippen LogP contribution in [0.3, 0.4) is 0 Å². The molecule has 0 bridgehead atoms. The van der Waals surface area contributed by atoms with Crippen LogP contribution in [0.5, 0.6) is 0 Å². The van der Waals surface area contributed by atoms with E-state index in [0.29, 0.717) is 11.6 Å². The second-order valence-electron chi connectivity index (χ2n) is 5.89. The van der Waals surface area contributed by atoms with Gasteiger partial charge in [-0.3, -0.25) is 19.8 Å². The van der Waals surface area contributed by atoms with E-state index in [9.17, 15) is 14.9 Å². The van der Waals surface area contributed by atoms with Gasteiger partial charge in [0.15, 0.2) is 0 Å². The van der Waals surface area contributed by atoms with Gasteiger partial charge in [0, 0.05) is 30.8 Å². The molecule has 0 aliphatic carbocycles. The minimum absolute atomic E-state index is 0.110. The molecule has 2 heterocycles. The molecule has 118 valence electrons. The van der Waals surface area contributed by atoms with Crippen molar-refractivity contribution in [1.29, 1.82) is 0 Å².